The molecule has 88 valence electrons. The van der Waals surface area contributed by atoms with E-state index in [0.717, 1.165) is 24.8 Å². The van der Waals surface area contributed by atoms with Gasteiger partial charge < -0.3 is 9.80 Å². The van der Waals surface area contributed by atoms with Crippen LogP contribution in [0.1, 0.15) is 6.42 Å². The molecule has 0 saturated carbocycles. The molecule has 0 N–H and O–H groups in total. The molecule has 2 aliphatic rings. The van der Waals surface area contributed by atoms with Crippen molar-refractivity contribution >= 4 is 6.29 Å². The van der Waals surface area contributed by atoms with Gasteiger partial charge in [0.15, 0.2) is 0 Å². The predicted molar refractivity (Wildman–Crippen MR) is 65.3 cm³/mol. The summed E-state index contributed by atoms with van der Waals surface area (Å²) in [4.78, 5) is 15.5. The number of piperazine rings is 1. The fourth-order valence-electron chi connectivity index (χ4n) is 2.27. The summed E-state index contributed by atoms with van der Waals surface area (Å²) in [6, 6.07) is 0. The molecule has 2 rings (SSSR count). The molecule has 0 spiro atoms. The Balaban J connectivity index is 1.77. The van der Waals surface area contributed by atoms with E-state index in [1.54, 1.807) is 0 Å². The molecular formula is C13H20N2O. The van der Waals surface area contributed by atoms with Gasteiger partial charge in [0.05, 0.1) is 0 Å². The van der Waals surface area contributed by atoms with E-state index in [0.29, 0.717) is 5.92 Å². The van der Waals surface area contributed by atoms with E-state index in [1.807, 2.05) is 12.2 Å². The van der Waals surface area contributed by atoms with Crippen LogP contribution in [0.2, 0.25) is 0 Å². The molecule has 1 unspecified atom stereocenters. The first kappa shape index (κ1) is 11.6. The smallest absolute Gasteiger partial charge is 0.149 e. The van der Waals surface area contributed by atoms with Crippen LogP contribution in [0, 0.1) is 5.92 Å². The number of allylic oxidation sites excluding steroid dienone is 3. The lowest BCUT2D eigenvalue weighted by atomic mass is 9.96. The van der Waals surface area contributed by atoms with Crippen LogP contribution in [0.15, 0.2) is 23.8 Å². The second-order valence-electron chi connectivity index (χ2n) is 4.78. The minimum Gasteiger partial charge on any atom is -0.304 e. The van der Waals surface area contributed by atoms with Gasteiger partial charge in [-0.05, 0) is 19.4 Å². The van der Waals surface area contributed by atoms with Crippen molar-refractivity contribution in [1.29, 1.82) is 0 Å². The summed E-state index contributed by atoms with van der Waals surface area (Å²) in [7, 11) is 2.18. The zero-order valence-electron chi connectivity index (χ0n) is 9.93. The molecule has 3 nitrogen and oxygen atoms in total. The number of hydrogen-bond donors (Lipinski definition) is 0. The highest BCUT2D eigenvalue weighted by atomic mass is 16.1. The van der Waals surface area contributed by atoms with E-state index in [-0.39, 0.29) is 0 Å². The van der Waals surface area contributed by atoms with Gasteiger partial charge >= 0.3 is 0 Å². The van der Waals surface area contributed by atoms with Gasteiger partial charge in [0.1, 0.15) is 6.29 Å². The molecule has 3 heteroatoms. The summed E-state index contributed by atoms with van der Waals surface area (Å²) >= 11 is 0. The van der Waals surface area contributed by atoms with Crippen molar-refractivity contribution in [1.82, 2.24) is 9.80 Å². The summed E-state index contributed by atoms with van der Waals surface area (Å²) in [5.41, 5.74) is 0.828. The number of carbonyl (C=O) groups is 1. The Bertz CT molecular complexity index is 301. The topological polar surface area (TPSA) is 23.6 Å². The maximum absolute atomic E-state index is 10.6. The molecule has 1 fully saturated rings. The number of hydrogen-bond acceptors (Lipinski definition) is 3. The van der Waals surface area contributed by atoms with Crippen LogP contribution in [0.4, 0.5) is 0 Å². The average Bonchev–Trinajstić information content (AvgIpc) is 2.33. The van der Waals surface area contributed by atoms with Crippen molar-refractivity contribution < 1.29 is 4.79 Å². The number of nitrogens with zero attached hydrogens (tertiary/aromatic N) is 2. The fraction of sp³-hybridized carbons (Fsp3) is 0.615. The normalized spacial score (nSPS) is 27.8. The molecule has 1 heterocycles. The molecule has 0 radical (unpaired) electrons. The van der Waals surface area contributed by atoms with Crippen LogP contribution in [0.25, 0.3) is 0 Å². The van der Waals surface area contributed by atoms with Crippen molar-refractivity contribution in [3.8, 4) is 0 Å². The van der Waals surface area contributed by atoms with Gasteiger partial charge in [-0.15, -0.1) is 0 Å². The Labute approximate surface area is 97.4 Å². The second-order valence-corrected chi connectivity index (χ2v) is 4.78. The van der Waals surface area contributed by atoms with Crippen molar-refractivity contribution in [2.45, 2.75) is 6.42 Å². The van der Waals surface area contributed by atoms with Crippen molar-refractivity contribution in [2.75, 3.05) is 39.8 Å². The zero-order valence-corrected chi connectivity index (χ0v) is 9.93. The maximum atomic E-state index is 10.6. The summed E-state index contributed by atoms with van der Waals surface area (Å²) in [5.74, 6) is 0.590. The van der Waals surface area contributed by atoms with Crippen LogP contribution in [0.3, 0.4) is 0 Å². The third-order valence-electron chi connectivity index (χ3n) is 3.44. The van der Waals surface area contributed by atoms with Crippen LogP contribution < -0.4 is 0 Å². The minimum atomic E-state index is 0.590. The Morgan fingerprint density at radius 1 is 1.38 bits per heavy atom. The Morgan fingerprint density at radius 3 is 2.69 bits per heavy atom. The van der Waals surface area contributed by atoms with Crippen LogP contribution in [-0.2, 0) is 4.79 Å². The quantitative estimate of drug-likeness (QED) is 0.661. The van der Waals surface area contributed by atoms with Crippen LogP contribution in [0.5, 0.6) is 0 Å². The highest BCUT2D eigenvalue weighted by molar-refractivity contribution is 5.77. The van der Waals surface area contributed by atoms with E-state index < -0.39 is 0 Å². The maximum Gasteiger partial charge on any atom is 0.149 e. The largest absolute Gasteiger partial charge is 0.304 e. The van der Waals surface area contributed by atoms with E-state index in [9.17, 15) is 4.79 Å². The first-order chi connectivity index (χ1) is 7.78. The molecule has 1 atom stereocenters. The standard InChI is InChI=1S/C13H20N2O/c1-14-6-8-15(9-7-14)10-12-2-4-13(11-16)5-3-12/h2,4-5,11-12H,3,6-10H2,1H3. The summed E-state index contributed by atoms with van der Waals surface area (Å²) in [6.45, 7) is 5.82. The highest BCUT2D eigenvalue weighted by Gasteiger charge is 2.17. The van der Waals surface area contributed by atoms with E-state index in [2.05, 4.69) is 22.9 Å². The monoisotopic (exact) mass is 220 g/mol. The van der Waals surface area contributed by atoms with Crippen LogP contribution >= 0.6 is 0 Å². The van der Waals surface area contributed by atoms with Gasteiger partial charge in [0.25, 0.3) is 0 Å². The molecular weight excluding hydrogens is 200 g/mol. The number of carbonyl (C=O) groups excluding carboxylic acids is 1. The van der Waals surface area contributed by atoms with E-state index in [4.69, 9.17) is 0 Å². The minimum absolute atomic E-state index is 0.590. The zero-order chi connectivity index (χ0) is 11.4. The van der Waals surface area contributed by atoms with Crippen molar-refractivity contribution in [3.63, 3.8) is 0 Å². The lowest BCUT2D eigenvalue weighted by Gasteiger charge is -2.34. The molecule has 1 aliphatic heterocycles. The third kappa shape index (κ3) is 3.03. The molecule has 16 heavy (non-hydrogen) atoms. The molecule has 0 aromatic carbocycles. The fourth-order valence-corrected chi connectivity index (χ4v) is 2.27. The summed E-state index contributed by atoms with van der Waals surface area (Å²) < 4.78 is 0. The average molecular weight is 220 g/mol. The second kappa shape index (κ2) is 5.41. The van der Waals surface area contributed by atoms with E-state index in [1.165, 1.54) is 26.2 Å². The van der Waals surface area contributed by atoms with Crippen LogP contribution in [-0.4, -0.2) is 55.9 Å². The van der Waals surface area contributed by atoms with Gasteiger partial charge in [-0.2, -0.15) is 0 Å². The number of aldehydes is 1. The number of rotatable bonds is 3. The lowest BCUT2D eigenvalue weighted by molar-refractivity contribution is -0.104. The van der Waals surface area contributed by atoms with Gasteiger partial charge in [0.2, 0.25) is 0 Å². The predicted octanol–water partition coefficient (Wildman–Crippen LogP) is 0.935. The SMILES string of the molecule is CN1CCN(CC2C=CC(C=O)=CC2)CC1. The van der Waals surface area contributed by atoms with Gasteiger partial charge in [-0.25, -0.2) is 0 Å². The molecule has 0 bridgehead atoms. The van der Waals surface area contributed by atoms with Crippen molar-refractivity contribution in [2.24, 2.45) is 5.92 Å². The first-order valence-electron chi connectivity index (χ1n) is 6.02. The molecule has 0 aromatic rings. The first-order valence-corrected chi connectivity index (χ1v) is 6.02. The molecule has 0 amide bonds. The molecule has 0 aromatic heterocycles. The van der Waals surface area contributed by atoms with E-state index >= 15 is 0 Å². The van der Waals surface area contributed by atoms with Gasteiger partial charge in [-0.1, -0.05) is 18.2 Å². The Kier molecular flexibility index (Phi) is 3.91. The summed E-state index contributed by atoms with van der Waals surface area (Å²) in [6.07, 6.45) is 8.13. The lowest BCUT2D eigenvalue weighted by Crippen LogP contribution is -2.45. The van der Waals surface area contributed by atoms with Crippen molar-refractivity contribution in [3.05, 3.63) is 23.8 Å². The number of likely N-dealkylation sites (N-methyl/N-ethyl adjacent to an activating group) is 1. The Morgan fingerprint density at radius 2 is 2.12 bits per heavy atom. The summed E-state index contributed by atoms with van der Waals surface area (Å²) in [5, 5.41) is 0. The Hall–Kier alpha value is -0.930. The third-order valence-corrected chi connectivity index (χ3v) is 3.44. The molecule has 1 saturated heterocycles. The highest BCUT2D eigenvalue weighted by Crippen LogP contribution is 2.17. The molecule has 1 aliphatic carbocycles. The van der Waals surface area contributed by atoms with Gasteiger partial charge in [-0.3, -0.25) is 4.79 Å². The van der Waals surface area contributed by atoms with Gasteiger partial charge in [0, 0.05) is 38.3 Å².